The number of benzene rings is 1. The molecule has 0 saturated carbocycles. The number of fused-ring (bicyclic) bond motifs is 1. The number of aryl methyl sites for hydroxylation is 1. The van der Waals surface area contributed by atoms with E-state index in [0.717, 1.165) is 32.9 Å². The summed E-state index contributed by atoms with van der Waals surface area (Å²) in [6, 6.07) is 5.97. The monoisotopic (exact) mass is 386 g/mol. The molecule has 1 unspecified atom stereocenters. The van der Waals surface area contributed by atoms with Crippen LogP contribution < -0.4 is 9.47 Å². The zero-order chi connectivity index (χ0) is 13.4. The molecule has 2 heterocycles. The van der Waals surface area contributed by atoms with Crippen molar-refractivity contribution in [2.24, 2.45) is 0 Å². The van der Waals surface area contributed by atoms with Crippen molar-refractivity contribution in [2.75, 3.05) is 13.2 Å². The molecular weight excluding hydrogens is 376 g/mol. The highest BCUT2D eigenvalue weighted by Crippen LogP contribution is 2.42. The molecule has 0 saturated heterocycles. The first-order valence-corrected chi connectivity index (χ1v) is 7.64. The Morgan fingerprint density at radius 1 is 1.11 bits per heavy atom. The summed E-state index contributed by atoms with van der Waals surface area (Å²) in [4.78, 5) is 0.0511. The molecule has 0 radical (unpaired) electrons. The quantitative estimate of drug-likeness (QED) is 0.705. The largest absolute Gasteiger partial charge is 0.486 e. The van der Waals surface area contributed by atoms with E-state index >= 15 is 0 Å². The van der Waals surface area contributed by atoms with Gasteiger partial charge in [-0.05, 0) is 30.7 Å². The van der Waals surface area contributed by atoms with Crippen molar-refractivity contribution in [1.29, 1.82) is 0 Å². The molecule has 3 rings (SSSR count). The van der Waals surface area contributed by atoms with Gasteiger partial charge in [0, 0.05) is 10.0 Å². The van der Waals surface area contributed by atoms with Crippen LogP contribution in [0, 0.1) is 6.92 Å². The molecule has 100 valence electrons. The van der Waals surface area contributed by atoms with E-state index in [2.05, 4.69) is 31.9 Å². The number of hydrogen-bond donors (Lipinski definition) is 0. The van der Waals surface area contributed by atoms with Gasteiger partial charge in [0.25, 0.3) is 0 Å². The SMILES string of the molecule is Cc1cc(C(Br)c2cc3c(cc2Br)OCCO3)co1. The maximum Gasteiger partial charge on any atom is 0.162 e. The Morgan fingerprint density at radius 2 is 1.79 bits per heavy atom. The van der Waals surface area contributed by atoms with Gasteiger partial charge in [-0.25, -0.2) is 0 Å². The summed E-state index contributed by atoms with van der Waals surface area (Å²) in [6.07, 6.45) is 1.76. The van der Waals surface area contributed by atoms with Gasteiger partial charge < -0.3 is 13.9 Å². The lowest BCUT2D eigenvalue weighted by molar-refractivity contribution is 0.171. The number of rotatable bonds is 2. The summed E-state index contributed by atoms with van der Waals surface area (Å²) >= 11 is 7.28. The Bertz CT molecular complexity index is 607. The lowest BCUT2D eigenvalue weighted by atomic mass is 10.1. The van der Waals surface area contributed by atoms with Crippen molar-refractivity contribution in [3.63, 3.8) is 0 Å². The normalized spacial score (nSPS) is 15.3. The first kappa shape index (κ1) is 13.1. The highest BCUT2D eigenvalue weighted by molar-refractivity contribution is 9.11. The molecule has 0 N–H and O–H groups in total. The van der Waals surface area contributed by atoms with Crippen molar-refractivity contribution in [2.45, 2.75) is 11.8 Å². The van der Waals surface area contributed by atoms with Crippen molar-refractivity contribution in [3.8, 4) is 11.5 Å². The zero-order valence-corrected chi connectivity index (χ0v) is 13.5. The highest BCUT2D eigenvalue weighted by Gasteiger charge is 2.20. The summed E-state index contributed by atoms with van der Waals surface area (Å²) in [7, 11) is 0. The van der Waals surface area contributed by atoms with Gasteiger partial charge in [-0.2, -0.15) is 0 Å². The predicted molar refractivity (Wildman–Crippen MR) is 79.3 cm³/mol. The lowest BCUT2D eigenvalue weighted by Crippen LogP contribution is -2.15. The second-order valence-corrected chi connectivity index (χ2v) is 6.14. The van der Waals surface area contributed by atoms with Gasteiger partial charge in [0.1, 0.15) is 19.0 Å². The van der Waals surface area contributed by atoms with Crippen LogP contribution >= 0.6 is 31.9 Å². The van der Waals surface area contributed by atoms with Gasteiger partial charge in [0.05, 0.1) is 11.1 Å². The fourth-order valence-electron chi connectivity index (χ4n) is 2.05. The third-order valence-corrected chi connectivity index (χ3v) is 4.69. The van der Waals surface area contributed by atoms with Crippen LogP contribution in [-0.2, 0) is 0 Å². The molecule has 0 amide bonds. The van der Waals surface area contributed by atoms with E-state index in [1.54, 1.807) is 6.26 Å². The van der Waals surface area contributed by atoms with Gasteiger partial charge in [0.15, 0.2) is 11.5 Å². The average Bonchev–Trinajstić information content (AvgIpc) is 2.84. The molecule has 5 heteroatoms. The van der Waals surface area contributed by atoms with Crippen LogP contribution in [0.4, 0.5) is 0 Å². The molecule has 1 aromatic carbocycles. The maximum atomic E-state index is 5.62. The van der Waals surface area contributed by atoms with Crippen LogP contribution in [-0.4, -0.2) is 13.2 Å². The summed E-state index contributed by atoms with van der Waals surface area (Å²) in [5, 5.41) is 0. The minimum atomic E-state index is 0.0511. The third-order valence-electron chi connectivity index (χ3n) is 2.98. The topological polar surface area (TPSA) is 31.6 Å². The molecule has 0 spiro atoms. The van der Waals surface area contributed by atoms with E-state index in [1.807, 2.05) is 25.1 Å². The number of hydrogen-bond acceptors (Lipinski definition) is 3. The Hall–Kier alpha value is -0.940. The van der Waals surface area contributed by atoms with Gasteiger partial charge in [-0.15, -0.1) is 0 Å². The van der Waals surface area contributed by atoms with Gasteiger partial charge in [-0.3, -0.25) is 0 Å². The molecule has 3 nitrogen and oxygen atoms in total. The molecule has 19 heavy (non-hydrogen) atoms. The summed E-state index contributed by atoms with van der Waals surface area (Å²) in [5.41, 5.74) is 2.17. The van der Waals surface area contributed by atoms with Crippen LogP contribution in [0.3, 0.4) is 0 Å². The maximum absolute atomic E-state index is 5.62. The Kier molecular flexibility index (Phi) is 3.58. The Labute approximate surface area is 128 Å². The molecule has 2 aromatic rings. The van der Waals surface area contributed by atoms with Crippen LogP contribution in [0.1, 0.15) is 21.7 Å². The van der Waals surface area contributed by atoms with Gasteiger partial charge in [-0.1, -0.05) is 31.9 Å². The summed E-state index contributed by atoms with van der Waals surface area (Å²) < 4.78 is 17.5. The number of halogens is 2. The van der Waals surface area contributed by atoms with Crippen molar-refractivity contribution >= 4 is 31.9 Å². The molecular formula is C14H12Br2O3. The fourth-order valence-corrected chi connectivity index (χ4v) is 3.53. The first-order valence-electron chi connectivity index (χ1n) is 5.93. The number of ether oxygens (including phenoxy) is 2. The molecule has 1 atom stereocenters. The second-order valence-electron chi connectivity index (χ2n) is 4.37. The lowest BCUT2D eigenvalue weighted by Gasteiger charge is -2.21. The standard InChI is InChI=1S/C14H12Br2O3/c1-8-4-9(7-19-8)14(16)10-5-12-13(6-11(10)15)18-3-2-17-12/h4-7,14H,2-3H2,1H3. The molecule has 0 fully saturated rings. The molecule has 1 aliphatic rings. The van der Waals surface area contributed by atoms with Crippen LogP contribution in [0.5, 0.6) is 11.5 Å². The van der Waals surface area contributed by atoms with E-state index in [-0.39, 0.29) is 4.83 Å². The molecule has 1 aromatic heterocycles. The number of alkyl halides is 1. The minimum Gasteiger partial charge on any atom is -0.486 e. The second kappa shape index (κ2) is 5.21. The smallest absolute Gasteiger partial charge is 0.162 e. The fraction of sp³-hybridized carbons (Fsp3) is 0.286. The van der Waals surface area contributed by atoms with Gasteiger partial charge in [0.2, 0.25) is 0 Å². The van der Waals surface area contributed by atoms with E-state index in [1.165, 1.54) is 0 Å². The molecule has 0 bridgehead atoms. The van der Waals surface area contributed by atoms with E-state index in [0.29, 0.717) is 13.2 Å². The summed E-state index contributed by atoms with van der Waals surface area (Å²) in [5.74, 6) is 2.46. The van der Waals surface area contributed by atoms with E-state index in [9.17, 15) is 0 Å². The third kappa shape index (κ3) is 2.54. The Morgan fingerprint density at radius 3 is 2.42 bits per heavy atom. The van der Waals surface area contributed by atoms with Crippen LogP contribution in [0.25, 0.3) is 0 Å². The molecule has 1 aliphatic heterocycles. The molecule has 0 aliphatic carbocycles. The highest BCUT2D eigenvalue weighted by atomic mass is 79.9. The number of furan rings is 1. The zero-order valence-electron chi connectivity index (χ0n) is 10.3. The van der Waals surface area contributed by atoms with Crippen LogP contribution in [0.2, 0.25) is 0 Å². The Balaban J connectivity index is 2.00. The average molecular weight is 388 g/mol. The van der Waals surface area contributed by atoms with E-state index < -0.39 is 0 Å². The minimum absolute atomic E-state index is 0.0511. The van der Waals surface area contributed by atoms with Crippen molar-refractivity contribution < 1.29 is 13.9 Å². The van der Waals surface area contributed by atoms with Gasteiger partial charge >= 0.3 is 0 Å². The van der Waals surface area contributed by atoms with Crippen molar-refractivity contribution in [3.05, 3.63) is 45.8 Å². The first-order chi connectivity index (χ1) is 9.15. The van der Waals surface area contributed by atoms with Crippen LogP contribution in [0.15, 0.2) is 33.4 Å². The predicted octanol–water partition coefficient (Wildman–Crippen LogP) is 4.61. The van der Waals surface area contributed by atoms with E-state index in [4.69, 9.17) is 13.9 Å². The summed E-state index contributed by atoms with van der Waals surface area (Å²) in [6.45, 7) is 3.12. The van der Waals surface area contributed by atoms with Crippen molar-refractivity contribution in [1.82, 2.24) is 0 Å².